The number of nitriles is 1. The summed E-state index contributed by atoms with van der Waals surface area (Å²) in [6, 6.07) is 2.03. The standard InChI is InChI=1S/C8H13NO2/c1-4-11-7(10)5-8(2,3)6-9/h4-5H2,1-3H3. The summed E-state index contributed by atoms with van der Waals surface area (Å²) < 4.78 is 4.69. The molecule has 0 aliphatic rings. The molecule has 0 saturated heterocycles. The number of hydrogen-bond donors (Lipinski definition) is 0. The number of carbonyl (C=O) groups is 1. The van der Waals surface area contributed by atoms with Gasteiger partial charge in [0.2, 0.25) is 0 Å². The van der Waals surface area contributed by atoms with Crippen molar-refractivity contribution >= 4 is 5.97 Å². The Morgan fingerprint density at radius 1 is 1.64 bits per heavy atom. The molecule has 11 heavy (non-hydrogen) atoms. The van der Waals surface area contributed by atoms with E-state index >= 15 is 0 Å². The maximum absolute atomic E-state index is 10.8. The molecule has 0 bridgehead atoms. The molecular formula is C8H13NO2. The Balaban J connectivity index is 3.86. The summed E-state index contributed by atoms with van der Waals surface area (Å²) in [4.78, 5) is 10.8. The van der Waals surface area contributed by atoms with Crippen LogP contribution in [0.5, 0.6) is 0 Å². The van der Waals surface area contributed by atoms with Gasteiger partial charge in [-0.15, -0.1) is 0 Å². The van der Waals surface area contributed by atoms with Gasteiger partial charge in [-0.05, 0) is 20.8 Å². The van der Waals surface area contributed by atoms with Crippen LogP contribution < -0.4 is 0 Å². The molecule has 0 amide bonds. The molecule has 0 aromatic heterocycles. The van der Waals surface area contributed by atoms with E-state index < -0.39 is 5.41 Å². The highest BCUT2D eigenvalue weighted by Gasteiger charge is 2.21. The fraction of sp³-hybridized carbons (Fsp3) is 0.750. The SMILES string of the molecule is CCOC(=O)CC(C)(C)C#N. The Hall–Kier alpha value is -1.04. The number of rotatable bonds is 3. The van der Waals surface area contributed by atoms with Crippen molar-refractivity contribution in [3.63, 3.8) is 0 Å². The lowest BCUT2D eigenvalue weighted by atomic mass is 9.92. The van der Waals surface area contributed by atoms with Crippen molar-refractivity contribution in [1.29, 1.82) is 5.26 Å². The highest BCUT2D eigenvalue weighted by Crippen LogP contribution is 2.18. The van der Waals surface area contributed by atoms with Crippen LogP contribution in [0.25, 0.3) is 0 Å². The molecule has 0 aromatic rings. The van der Waals surface area contributed by atoms with Crippen molar-refractivity contribution in [2.75, 3.05) is 6.61 Å². The highest BCUT2D eigenvalue weighted by molar-refractivity contribution is 5.70. The number of hydrogen-bond acceptors (Lipinski definition) is 3. The average Bonchev–Trinajstić information content (AvgIpc) is 1.87. The van der Waals surface area contributed by atoms with Gasteiger partial charge in [-0.25, -0.2) is 0 Å². The van der Waals surface area contributed by atoms with E-state index in [1.165, 1.54) is 0 Å². The van der Waals surface area contributed by atoms with E-state index in [-0.39, 0.29) is 12.4 Å². The zero-order valence-electron chi connectivity index (χ0n) is 7.18. The first-order chi connectivity index (χ1) is 5.02. The van der Waals surface area contributed by atoms with Crippen molar-refractivity contribution in [2.24, 2.45) is 5.41 Å². The van der Waals surface area contributed by atoms with Crippen LogP contribution in [0.2, 0.25) is 0 Å². The Kier molecular flexibility index (Phi) is 3.59. The van der Waals surface area contributed by atoms with Crippen LogP contribution in [0.1, 0.15) is 27.2 Å². The fourth-order valence-electron chi connectivity index (χ4n) is 0.612. The minimum absolute atomic E-state index is 0.164. The van der Waals surface area contributed by atoms with Crippen molar-refractivity contribution in [1.82, 2.24) is 0 Å². The lowest BCUT2D eigenvalue weighted by Gasteiger charge is -2.12. The quantitative estimate of drug-likeness (QED) is 0.580. The molecule has 3 heteroatoms. The van der Waals surface area contributed by atoms with E-state index in [0.717, 1.165) is 0 Å². The van der Waals surface area contributed by atoms with Crippen LogP contribution in [0, 0.1) is 16.7 Å². The Morgan fingerprint density at radius 2 is 2.18 bits per heavy atom. The van der Waals surface area contributed by atoms with E-state index in [9.17, 15) is 4.79 Å². The summed E-state index contributed by atoms with van der Waals surface area (Å²) in [5.74, 6) is -0.306. The van der Waals surface area contributed by atoms with E-state index in [1.807, 2.05) is 6.07 Å². The fourth-order valence-corrected chi connectivity index (χ4v) is 0.612. The van der Waals surface area contributed by atoms with E-state index in [1.54, 1.807) is 20.8 Å². The summed E-state index contributed by atoms with van der Waals surface area (Å²) in [5.41, 5.74) is -0.605. The zero-order valence-corrected chi connectivity index (χ0v) is 7.18. The van der Waals surface area contributed by atoms with E-state index in [0.29, 0.717) is 6.61 Å². The topological polar surface area (TPSA) is 50.1 Å². The molecule has 0 aliphatic heterocycles. The van der Waals surface area contributed by atoms with Crippen LogP contribution in [-0.2, 0) is 9.53 Å². The van der Waals surface area contributed by atoms with Gasteiger partial charge < -0.3 is 4.74 Å². The third-order valence-corrected chi connectivity index (χ3v) is 1.19. The van der Waals surface area contributed by atoms with Crippen molar-refractivity contribution in [3.8, 4) is 6.07 Å². The van der Waals surface area contributed by atoms with Gasteiger partial charge in [0.1, 0.15) is 0 Å². The molecule has 0 unspecified atom stereocenters. The Bertz CT molecular complexity index is 179. The molecule has 0 saturated carbocycles. The summed E-state index contributed by atoms with van der Waals surface area (Å²) >= 11 is 0. The lowest BCUT2D eigenvalue weighted by molar-refractivity contribution is -0.144. The lowest BCUT2D eigenvalue weighted by Crippen LogP contribution is -2.16. The van der Waals surface area contributed by atoms with Crippen LogP contribution in [0.3, 0.4) is 0 Å². The van der Waals surface area contributed by atoms with Gasteiger partial charge in [0.15, 0.2) is 0 Å². The number of esters is 1. The molecule has 0 radical (unpaired) electrons. The number of nitrogens with zero attached hydrogens (tertiary/aromatic N) is 1. The van der Waals surface area contributed by atoms with Gasteiger partial charge in [-0.3, -0.25) is 4.79 Å². The van der Waals surface area contributed by atoms with Gasteiger partial charge in [0.25, 0.3) is 0 Å². The molecule has 3 nitrogen and oxygen atoms in total. The van der Waals surface area contributed by atoms with Crippen LogP contribution >= 0.6 is 0 Å². The molecule has 0 heterocycles. The van der Waals surface area contributed by atoms with Gasteiger partial charge in [-0.2, -0.15) is 5.26 Å². The van der Waals surface area contributed by atoms with Gasteiger partial charge >= 0.3 is 5.97 Å². The molecule has 0 fully saturated rings. The largest absolute Gasteiger partial charge is 0.466 e. The Morgan fingerprint density at radius 3 is 2.55 bits per heavy atom. The van der Waals surface area contributed by atoms with Crippen LogP contribution in [0.4, 0.5) is 0 Å². The van der Waals surface area contributed by atoms with Gasteiger partial charge in [-0.1, -0.05) is 0 Å². The molecular weight excluding hydrogens is 142 g/mol. The first kappa shape index (κ1) is 9.96. The van der Waals surface area contributed by atoms with Crippen molar-refractivity contribution in [3.05, 3.63) is 0 Å². The maximum atomic E-state index is 10.8. The molecule has 0 N–H and O–H groups in total. The molecule has 0 atom stereocenters. The minimum Gasteiger partial charge on any atom is -0.466 e. The van der Waals surface area contributed by atoms with Crippen molar-refractivity contribution in [2.45, 2.75) is 27.2 Å². The van der Waals surface area contributed by atoms with Crippen molar-refractivity contribution < 1.29 is 9.53 Å². The molecule has 0 spiro atoms. The molecule has 0 aliphatic carbocycles. The monoisotopic (exact) mass is 155 g/mol. The summed E-state index contributed by atoms with van der Waals surface area (Å²) in [5, 5.41) is 8.55. The van der Waals surface area contributed by atoms with E-state index in [4.69, 9.17) is 5.26 Å². The average molecular weight is 155 g/mol. The van der Waals surface area contributed by atoms with Gasteiger partial charge in [0, 0.05) is 0 Å². The maximum Gasteiger partial charge on any atom is 0.307 e. The predicted molar refractivity (Wildman–Crippen MR) is 40.6 cm³/mol. The number of carbonyl (C=O) groups excluding carboxylic acids is 1. The zero-order chi connectivity index (χ0) is 8.91. The Labute approximate surface area is 67.0 Å². The number of ether oxygens (including phenoxy) is 1. The van der Waals surface area contributed by atoms with Crippen LogP contribution in [-0.4, -0.2) is 12.6 Å². The molecule has 0 rings (SSSR count). The third kappa shape index (κ3) is 4.38. The van der Waals surface area contributed by atoms with Gasteiger partial charge in [0.05, 0.1) is 24.5 Å². The normalized spacial score (nSPS) is 10.4. The highest BCUT2D eigenvalue weighted by atomic mass is 16.5. The smallest absolute Gasteiger partial charge is 0.307 e. The first-order valence-corrected chi connectivity index (χ1v) is 3.58. The second-order valence-electron chi connectivity index (χ2n) is 2.98. The second kappa shape index (κ2) is 3.97. The third-order valence-electron chi connectivity index (χ3n) is 1.19. The molecule has 62 valence electrons. The molecule has 0 aromatic carbocycles. The predicted octanol–water partition coefficient (Wildman–Crippen LogP) is 1.49. The van der Waals surface area contributed by atoms with Crippen LogP contribution in [0.15, 0.2) is 0 Å². The first-order valence-electron chi connectivity index (χ1n) is 3.58. The summed E-state index contributed by atoms with van der Waals surface area (Å²) in [7, 11) is 0. The summed E-state index contributed by atoms with van der Waals surface area (Å²) in [6.45, 7) is 5.55. The second-order valence-corrected chi connectivity index (χ2v) is 2.98. The van der Waals surface area contributed by atoms with E-state index in [2.05, 4.69) is 4.74 Å². The summed E-state index contributed by atoms with van der Waals surface area (Å²) in [6.07, 6.45) is 0.164. The minimum atomic E-state index is -0.605.